The zero-order valence-electron chi connectivity index (χ0n) is 15.0. The maximum absolute atomic E-state index is 13.6. The fourth-order valence-electron chi connectivity index (χ4n) is 3.62. The molecule has 1 aromatic carbocycles. The van der Waals surface area contributed by atoms with E-state index in [1.807, 2.05) is 0 Å². The molecule has 0 spiro atoms. The Morgan fingerprint density at radius 2 is 1.85 bits per heavy atom. The van der Waals surface area contributed by atoms with Crippen LogP contribution in [0.1, 0.15) is 39.0 Å². The van der Waals surface area contributed by atoms with Gasteiger partial charge in [-0.15, -0.1) is 0 Å². The zero-order valence-corrected chi connectivity index (χ0v) is 15.0. The SMILES string of the molecule is C[C@@H](OC(=O)[C@@H]1CC(=O)N(C2CCCC2)C1)C(=O)Nc1c(F)cccc1F. The summed E-state index contributed by atoms with van der Waals surface area (Å²) in [5.41, 5.74) is -0.589. The molecule has 1 aliphatic heterocycles. The molecule has 1 aromatic rings. The number of benzene rings is 1. The van der Waals surface area contributed by atoms with E-state index < -0.39 is 41.2 Å². The van der Waals surface area contributed by atoms with Crippen molar-refractivity contribution in [2.45, 2.75) is 51.2 Å². The van der Waals surface area contributed by atoms with Crippen molar-refractivity contribution in [3.8, 4) is 0 Å². The van der Waals surface area contributed by atoms with Crippen LogP contribution in [-0.2, 0) is 19.1 Å². The van der Waals surface area contributed by atoms with Gasteiger partial charge in [-0.25, -0.2) is 8.78 Å². The lowest BCUT2D eigenvalue weighted by Crippen LogP contribution is -2.36. The van der Waals surface area contributed by atoms with Crippen LogP contribution in [0.25, 0.3) is 0 Å². The summed E-state index contributed by atoms with van der Waals surface area (Å²) in [6.07, 6.45) is 2.86. The molecule has 146 valence electrons. The lowest BCUT2D eigenvalue weighted by Gasteiger charge is -2.24. The van der Waals surface area contributed by atoms with E-state index in [2.05, 4.69) is 5.32 Å². The van der Waals surface area contributed by atoms with E-state index in [-0.39, 0.29) is 18.4 Å². The molecule has 2 atom stereocenters. The summed E-state index contributed by atoms with van der Waals surface area (Å²) in [6.45, 7) is 1.61. The highest BCUT2D eigenvalue weighted by molar-refractivity contribution is 5.96. The van der Waals surface area contributed by atoms with Gasteiger partial charge in [-0.3, -0.25) is 14.4 Å². The minimum absolute atomic E-state index is 0.0611. The van der Waals surface area contributed by atoms with Crippen LogP contribution < -0.4 is 5.32 Å². The van der Waals surface area contributed by atoms with Crippen molar-refractivity contribution in [3.05, 3.63) is 29.8 Å². The van der Waals surface area contributed by atoms with Crippen LogP contribution in [0.3, 0.4) is 0 Å². The number of ether oxygens (including phenoxy) is 1. The molecule has 8 heteroatoms. The molecular weight excluding hydrogens is 358 g/mol. The quantitative estimate of drug-likeness (QED) is 0.797. The summed E-state index contributed by atoms with van der Waals surface area (Å²) in [5, 5.41) is 2.09. The van der Waals surface area contributed by atoms with Gasteiger partial charge in [0.25, 0.3) is 5.91 Å². The summed E-state index contributed by atoms with van der Waals surface area (Å²) in [7, 11) is 0. The minimum atomic E-state index is -1.24. The second kappa shape index (κ2) is 8.02. The third kappa shape index (κ3) is 4.26. The number of para-hydroxylation sites is 1. The number of rotatable bonds is 5. The smallest absolute Gasteiger partial charge is 0.312 e. The van der Waals surface area contributed by atoms with E-state index >= 15 is 0 Å². The topological polar surface area (TPSA) is 75.7 Å². The van der Waals surface area contributed by atoms with E-state index in [9.17, 15) is 23.2 Å². The summed E-state index contributed by atoms with van der Waals surface area (Å²) in [4.78, 5) is 38.3. The number of amides is 2. The molecule has 2 fully saturated rings. The fraction of sp³-hybridized carbons (Fsp3) is 0.526. The van der Waals surface area contributed by atoms with Crippen molar-refractivity contribution >= 4 is 23.5 Å². The lowest BCUT2D eigenvalue weighted by molar-refractivity contribution is -0.157. The molecule has 1 saturated heterocycles. The van der Waals surface area contributed by atoms with Gasteiger partial charge < -0.3 is 15.0 Å². The molecule has 0 unspecified atom stereocenters. The molecule has 0 bridgehead atoms. The molecule has 1 aliphatic carbocycles. The van der Waals surface area contributed by atoms with Gasteiger partial charge in [0.05, 0.1) is 5.92 Å². The van der Waals surface area contributed by atoms with E-state index in [1.165, 1.54) is 13.0 Å². The fourth-order valence-corrected chi connectivity index (χ4v) is 3.62. The second-order valence-electron chi connectivity index (χ2n) is 7.05. The highest BCUT2D eigenvalue weighted by atomic mass is 19.1. The molecular formula is C19H22F2N2O4. The minimum Gasteiger partial charge on any atom is -0.452 e. The van der Waals surface area contributed by atoms with Crippen LogP contribution in [0.2, 0.25) is 0 Å². The van der Waals surface area contributed by atoms with E-state index in [1.54, 1.807) is 4.90 Å². The number of hydrogen-bond donors (Lipinski definition) is 1. The zero-order chi connectivity index (χ0) is 19.6. The maximum Gasteiger partial charge on any atom is 0.312 e. The summed E-state index contributed by atoms with van der Waals surface area (Å²) >= 11 is 0. The van der Waals surface area contributed by atoms with Crippen LogP contribution >= 0.6 is 0 Å². The number of carbonyl (C=O) groups is 3. The van der Waals surface area contributed by atoms with Gasteiger partial charge in [-0.2, -0.15) is 0 Å². The highest BCUT2D eigenvalue weighted by Crippen LogP contribution is 2.30. The summed E-state index contributed by atoms with van der Waals surface area (Å²) in [6, 6.07) is 3.38. The molecule has 1 saturated carbocycles. The molecule has 0 radical (unpaired) electrons. The van der Waals surface area contributed by atoms with Gasteiger partial charge in [-0.1, -0.05) is 18.9 Å². The monoisotopic (exact) mass is 380 g/mol. The normalized spacial score (nSPS) is 21.4. The van der Waals surface area contributed by atoms with Gasteiger partial charge in [0.15, 0.2) is 6.10 Å². The lowest BCUT2D eigenvalue weighted by atomic mass is 10.1. The molecule has 1 N–H and O–H groups in total. The van der Waals surface area contributed by atoms with Crippen molar-refractivity contribution in [1.82, 2.24) is 4.90 Å². The van der Waals surface area contributed by atoms with Crippen molar-refractivity contribution in [3.63, 3.8) is 0 Å². The van der Waals surface area contributed by atoms with Crippen LogP contribution in [0.4, 0.5) is 14.5 Å². The Morgan fingerprint density at radius 3 is 2.48 bits per heavy atom. The first-order valence-electron chi connectivity index (χ1n) is 9.11. The summed E-state index contributed by atoms with van der Waals surface area (Å²) < 4.78 is 32.4. The first kappa shape index (κ1) is 19.3. The Bertz CT molecular complexity index is 729. The molecule has 2 aliphatic rings. The van der Waals surface area contributed by atoms with Crippen LogP contribution in [0.5, 0.6) is 0 Å². The third-order valence-electron chi connectivity index (χ3n) is 5.13. The third-order valence-corrected chi connectivity index (χ3v) is 5.13. The number of hydrogen-bond acceptors (Lipinski definition) is 4. The van der Waals surface area contributed by atoms with Gasteiger partial charge in [0.2, 0.25) is 5.91 Å². The number of carbonyl (C=O) groups excluding carboxylic acids is 3. The first-order valence-corrected chi connectivity index (χ1v) is 9.11. The van der Waals surface area contributed by atoms with Crippen molar-refractivity contribution in [2.24, 2.45) is 5.92 Å². The molecule has 0 aromatic heterocycles. The van der Waals surface area contributed by atoms with Crippen LogP contribution in [0, 0.1) is 17.6 Å². The number of likely N-dealkylation sites (tertiary alicyclic amines) is 1. The van der Waals surface area contributed by atoms with Gasteiger partial charge in [0.1, 0.15) is 17.3 Å². The Kier molecular flexibility index (Phi) is 5.72. The van der Waals surface area contributed by atoms with E-state index in [4.69, 9.17) is 4.74 Å². The predicted octanol–water partition coefficient (Wildman–Crippen LogP) is 2.63. The second-order valence-corrected chi connectivity index (χ2v) is 7.05. The Labute approximate surface area is 155 Å². The largest absolute Gasteiger partial charge is 0.452 e. The van der Waals surface area contributed by atoms with Gasteiger partial charge >= 0.3 is 5.97 Å². The highest BCUT2D eigenvalue weighted by Gasteiger charge is 2.40. The molecule has 27 heavy (non-hydrogen) atoms. The Balaban J connectivity index is 1.55. The average Bonchev–Trinajstić information content (AvgIpc) is 3.27. The Hall–Kier alpha value is -2.51. The number of nitrogens with zero attached hydrogens (tertiary/aromatic N) is 1. The predicted molar refractivity (Wildman–Crippen MR) is 92.6 cm³/mol. The average molecular weight is 380 g/mol. The number of anilines is 1. The number of halogens is 2. The first-order chi connectivity index (χ1) is 12.9. The van der Waals surface area contributed by atoms with E-state index in [0.717, 1.165) is 37.8 Å². The van der Waals surface area contributed by atoms with Crippen LogP contribution in [-0.4, -0.2) is 41.4 Å². The number of nitrogens with one attached hydrogen (secondary N) is 1. The van der Waals surface area contributed by atoms with Crippen molar-refractivity contribution < 1.29 is 27.9 Å². The van der Waals surface area contributed by atoms with Crippen LogP contribution in [0.15, 0.2) is 18.2 Å². The van der Waals surface area contributed by atoms with Crippen molar-refractivity contribution in [1.29, 1.82) is 0 Å². The van der Waals surface area contributed by atoms with E-state index in [0.29, 0.717) is 6.54 Å². The maximum atomic E-state index is 13.6. The molecule has 3 rings (SSSR count). The molecule has 6 nitrogen and oxygen atoms in total. The van der Waals surface area contributed by atoms with Gasteiger partial charge in [-0.05, 0) is 31.9 Å². The Morgan fingerprint density at radius 1 is 1.22 bits per heavy atom. The van der Waals surface area contributed by atoms with Gasteiger partial charge in [0, 0.05) is 19.0 Å². The number of esters is 1. The van der Waals surface area contributed by atoms with Crippen molar-refractivity contribution in [2.75, 3.05) is 11.9 Å². The standard InChI is InChI=1S/C19H22F2N2O4/c1-11(18(25)22-17-14(20)7-4-8-15(17)21)27-19(26)12-9-16(24)23(10-12)13-5-2-3-6-13/h4,7-8,11-13H,2-3,5-6,9-10H2,1H3,(H,22,25)/t11-,12-/m1/s1. The summed E-state index contributed by atoms with van der Waals surface area (Å²) in [5.74, 6) is -4.04. The molecule has 1 heterocycles. The molecule has 2 amide bonds.